The molecule has 1 aromatic rings. The lowest BCUT2D eigenvalue weighted by atomic mass is 9.84. The van der Waals surface area contributed by atoms with Crippen LogP contribution < -0.4 is 5.32 Å². The van der Waals surface area contributed by atoms with Crippen molar-refractivity contribution in [2.24, 2.45) is 0 Å². The van der Waals surface area contributed by atoms with Gasteiger partial charge in [0.1, 0.15) is 16.8 Å². The molecular formula is C12H18ClN3S. The average Bonchev–Trinajstić information content (AvgIpc) is 2.27. The van der Waals surface area contributed by atoms with E-state index in [9.17, 15) is 0 Å². The summed E-state index contributed by atoms with van der Waals surface area (Å²) in [6, 6.07) is 1.80. The average molecular weight is 272 g/mol. The van der Waals surface area contributed by atoms with Gasteiger partial charge in [0.15, 0.2) is 0 Å². The number of thioether (sulfide) groups is 1. The highest BCUT2D eigenvalue weighted by molar-refractivity contribution is 8.00. The molecule has 0 atom stereocenters. The third-order valence-electron chi connectivity index (χ3n) is 3.35. The van der Waals surface area contributed by atoms with Crippen molar-refractivity contribution in [2.45, 2.75) is 37.4 Å². The van der Waals surface area contributed by atoms with Crippen LogP contribution in [0.4, 0.5) is 5.82 Å². The van der Waals surface area contributed by atoms with E-state index in [1.165, 1.54) is 19.3 Å². The summed E-state index contributed by atoms with van der Waals surface area (Å²) in [6.07, 6.45) is 6.92. The molecule has 1 aliphatic rings. The molecule has 0 bridgehead atoms. The predicted molar refractivity (Wildman–Crippen MR) is 75.0 cm³/mol. The number of nitrogens with one attached hydrogen (secondary N) is 1. The molecule has 0 aromatic carbocycles. The molecule has 5 heteroatoms. The van der Waals surface area contributed by atoms with E-state index in [1.807, 2.05) is 18.7 Å². The van der Waals surface area contributed by atoms with Crippen molar-refractivity contribution in [1.29, 1.82) is 0 Å². The number of anilines is 1. The zero-order valence-electron chi connectivity index (χ0n) is 10.3. The van der Waals surface area contributed by atoms with E-state index < -0.39 is 0 Å². The van der Waals surface area contributed by atoms with E-state index >= 15 is 0 Å². The van der Waals surface area contributed by atoms with Crippen LogP contribution in [0.3, 0.4) is 0 Å². The SMILES string of the molecule is CCc1nc(Cl)cc(NCC2(SC)CCC2)n1. The Hall–Kier alpha value is -0.480. The molecule has 0 unspecified atom stereocenters. The quantitative estimate of drug-likeness (QED) is 0.833. The maximum absolute atomic E-state index is 5.96. The van der Waals surface area contributed by atoms with Gasteiger partial charge >= 0.3 is 0 Å². The fourth-order valence-corrected chi connectivity index (χ4v) is 3.10. The van der Waals surface area contributed by atoms with E-state index in [-0.39, 0.29) is 0 Å². The Balaban J connectivity index is 2.01. The number of rotatable bonds is 5. The van der Waals surface area contributed by atoms with Gasteiger partial charge in [0, 0.05) is 23.8 Å². The molecule has 3 nitrogen and oxygen atoms in total. The van der Waals surface area contributed by atoms with Crippen LogP contribution in [0.15, 0.2) is 6.07 Å². The lowest BCUT2D eigenvalue weighted by molar-refractivity contribution is 0.379. The monoisotopic (exact) mass is 271 g/mol. The Kier molecular flexibility index (Phi) is 4.15. The Morgan fingerprint density at radius 2 is 2.24 bits per heavy atom. The van der Waals surface area contributed by atoms with Gasteiger partial charge in [0.05, 0.1) is 0 Å². The van der Waals surface area contributed by atoms with Crippen LogP contribution in [-0.2, 0) is 6.42 Å². The van der Waals surface area contributed by atoms with Crippen LogP contribution in [0.25, 0.3) is 0 Å². The van der Waals surface area contributed by atoms with Gasteiger partial charge in [-0.3, -0.25) is 0 Å². The summed E-state index contributed by atoms with van der Waals surface area (Å²) in [5.41, 5.74) is 0. The molecule has 17 heavy (non-hydrogen) atoms. The first-order chi connectivity index (χ1) is 8.17. The van der Waals surface area contributed by atoms with Crippen LogP contribution in [0.2, 0.25) is 5.15 Å². The molecule has 1 fully saturated rings. The van der Waals surface area contributed by atoms with Crippen molar-refractivity contribution in [3.05, 3.63) is 17.0 Å². The number of hydrogen-bond acceptors (Lipinski definition) is 4. The van der Waals surface area contributed by atoms with Crippen LogP contribution in [0.1, 0.15) is 32.0 Å². The highest BCUT2D eigenvalue weighted by Gasteiger charge is 2.35. The predicted octanol–water partition coefficient (Wildman–Crippen LogP) is 3.39. The highest BCUT2D eigenvalue weighted by Crippen LogP contribution is 2.42. The van der Waals surface area contributed by atoms with Gasteiger partial charge < -0.3 is 5.32 Å². The van der Waals surface area contributed by atoms with Crippen molar-refractivity contribution >= 4 is 29.2 Å². The van der Waals surface area contributed by atoms with Gasteiger partial charge in [-0.2, -0.15) is 11.8 Å². The maximum Gasteiger partial charge on any atom is 0.134 e. The summed E-state index contributed by atoms with van der Waals surface area (Å²) in [4.78, 5) is 8.59. The molecule has 1 N–H and O–H groups in total. The third-order valence-corrected chi connectivity index (χ3v) is 4.96. The first-order valence-electron chi connectivity index (χ1n) is 6.00. The highest BCUT2D eigenvalue weighted by atomic mass is 35.5. The van der Waals surface area contributed by atoms with Crippen molar-refractivity contribution < 1.29 is 0 Å². The molecule has 0 saturated heterocycles. The second-order valence-electron chi connectivity index (χ2n) is 4.44. The fourth-order valence-electron chi connectivity index (χ4n) is 1.99. The summed E-state index contributed by atoms with van der Waals surface area (Å²) < 4.78 is 0.407. The summed E-state index contributed by atoms with van der Waals surface area (Å²) in [7, 11) is 0. The molecule has 0 radical (unpaired) electrons. The zero-order valence-corrected chi connectivity index (χ0v) is 11.9. The standard InChI is InChI=1S/C12H18ClN3S/c1-3-10-15-9(13)7-11(16-10)14-8-12(17-2)5-4-6-12/h7H,3-6,8H2,1-2H3,(H,14,15,16). The number of aryl methyl sites for hydroxylation is 1. The van der Waals surface area contributed by atoms with E-state index in [0.29, 0.717) is 9.90 Å². The lowest BCUT2D eigenvalue weighted by Gasteiger charge is -2.40. The number of hydrogen-bond donors (Lipinski definition) is 1. The number of nitrogens with zero attached hydrogens (tertiary/aromatic N) is 2. The molecular weight excluding hydrogens is 254 g/mol. The van der Waals surface area contributed by atoms with Gasteiger partial charge in [-0.1, -0.05) is 24.9 Å². The molecule has 0 amide bonds. The van der Waals surface area contributed by atoms with Crippen molar-refractivity contribution in [1.82, 2.24) is 9.97 Å². The largest absolute Gasteiger partial charge is 0.369 e. The minimum absolute atomic E-state index is 0.407. The molecule has 1 saturated carbocycles. The van der Waals surface area contributed by atoms with Crippen LogP contribution in [-0.4, -0.2) is 27.5 Å². The Morgan fingerprint density at radius 3 is 2.76 bits per heavy atom. The number of aromatic nitrogens is 2. The topological polar surface area (TPSA) is 37.8 Å². The minimum atomic E-state index is 0.407. The van der Waals surface area contributed by atoms with Crippen molar-refractivity contribution in [2.75, 3.05) is 18.1 Å². The molecule has 0 aliphatic heterocycles. The zero-order chi connectivity index (χ0) is 12.3. The summed E-state index contributed by atoms with van der Waals surface area (Å²) in [5.74, 6) is 1.65. The summed E-state index contributed by atoms with van der Waals surface area (Å²) >= 11 is 7.92. The van der Waals surface area contributed by atoms with Gasteiger partial charge in [-0.25, -0.2) is 9.97 Å². The van der Waals surface area contributed by atoms with E-state index in [4.69, 9.17) is 11.6 Å². The van der Waals surface area contributed by atoms with Crippen LogP contribution >= 0.6 is 23.4 Å². The molecule has 0 spiro atoms. The Morgan fingerprint density at radius 1 is 1.47 bits per heavy atom. The van der Waals surface area contributed by atoms with E-state index in [0.717, 1.165) is 24.6 Å². The molecule has 1 aromatic heterocycles. The molecule has 1 heterocycles. The minimum Gasteiger partial charge on any atom is -0.369 e. The first-order valence-corrected chi connectivity index (χ1v) is 7.60. The van der Waals surface area contributed by atoms with Crippen LogP contribution in [0, 0.1) is 0 Å². The molecule has 1 aliphatic carbocycles. The molecule has 94 valence electrons. The van der Waals surface area contributed by atoms with E-state index in [2.05, 4.69) is 21.5 Å². The second kappa shape index (κ2) is 5.44. The van der Waals surface area contributed by atoms with Gasteiger partial charge in [0.2, 0.25) is 0 Å². The third kappa shape index (κ3) is 3.05. The van der Waals surface area contributed by atoms with Crippen molar-refractivity contribution in [3.8, 4) is 0 Å². The van der Waals surface area contributed by atoms with Gasteiger partial charge in [-0.15, -0.1) is 0 Å². The molecule has 2 rings (SSSR count). The van der Waals surface area contributed by atoms with Crippen molar-refractivity contribution in [3.63, 3.8) is 0 Å². The van der Waals surface area contributed by atoms with Gasteiger partial charge in [0.25, 0.3) is 0 Å². The lowest BCUT2D eigenvalue weighted by Crippen LogP contribution is -2.40. The smallest absolute Gasteiger partial charge is 0.134 e. The first kappa shape index (κ1) is 13.0. The van der Waals surface area contributed by atoms with Gasteiger partial charge in [-0.05, 0) is 19.1 Å². The normalized spacial score (nSPS) is 17.6. The Labute approximate surface area is 112 Å². The Bertz CT molecular complexity index is 388. The number of halogens is 1. The fraction of sp³-hybridized carbons (Fsp3) is 0.667. The van der Waals surface area contributed by atoms with E-state index in [1.54, 1.807) is 6.07 Å². The summed E-state index contributed by atoms with van der Waals surface area (Å²) in [5, 5.41) is 3.92. The van der Waals surface area contributed by atoms with Crippen LogP contribution in [0.5, 0.6) is 0 Å². The maximum atomic E-state index is 5.96. The second-order valence-corrected chi connectivity index (χ2v) is 6.10. The summed E-state index contributed by atoms with van der Waals surface area (Å²) in [6.45, 7) is 3.00.